The van der Waals surface area contributed by atoms with E-state index >= 15 is 0 Å². The highest BCUT2D eigenvalue weighted by Gasteiger charge is 2.34. The number of thioether (sulfide) groups is 1. The van der Waals surface area contributed by atoms with Gasteiger partial charge in [0.25, 0.3) is 0 Å². The molecular formula is C22H31N3O5S. The third-order valence-corrected chi connectivity index (χ3v) is 7.09. The number of carbonyl (C=O) groups excluding carboxylic acids is 1. The van der Waals surface area contributed by atoms with Crippen molar-refractivity contribution in [1.29, 1.82) is 0 Å². The molecule has 2 atom stereocenters. The Kier molecular flexibility index (Phi) is 8.74. The van der Waals surface area contributed by atoms with Crippen LogP contribution in [0.2, 0.25) is 0 Å². The number of amides is 1. The second-order valence-electron chi connectivity index (χ2n) is 8.18. The van der Waals surface area contributed by atoms with Crippen molar-refractivity contribution in [2.24, 2.45) is 5.92 Å². The van der Waals surface area contributed by atoms with Gasteiger partial charge in [-0.05, 0) is 50.4 Å². The van der Waals surface area contributed by atoms with Crippen LogP contribution in [0.15, 0.2) is 29.2 Å². The molecule has 0 spiro atoms. The summed E-state index contributed by atoms with van der Waals surface area (Å²) in [7, 11) is 0. The fourth-order valence-corrected chi connectivity index (χ4v) is 5.33. The Labute approximate surface area is 186 Å². The van der Waals surface area contributed by atoms with Gasteiger partial charge in [-0.15, -0.1) is 11.8 Å². The Balaban J connectivity index is 1.60. The van der Waals surface area contributed by atoms with Crippen molar-refractivity contribution in [3.63, 3.8) is 0 Å². The number of hydrogen-bond acceptors (Lipinski definition) is 6. The fraction of sp³-hybridized carbons (Fsp3) is 0.591. The average molecular weight is 450 g/mol. The summed E-state index contributed by atoms with van der Waals surface area (Å²) in [5.41, 5.74) is 0.554. The smallest absolute Gasteiger partial charge is 0.323 e. The highest BCUT2D eigenvalue weighted by atomic mass is 32.2. The Morgan fingerprint density at radius 2 is 1.94 bits per heavy atom. The molecule has 1 aromatic carbocycles. The summed E-state index contributed by atoms with van der Waals surface area (Å²) in [6, 6.07) is 5.57. The summed E-state index contributed by atoms with van der Waals surface area (Å²) in [5, 5.41) is 25.3. The summed E-state index contributed by atoms with van der Waals surface area (Å²) in [6.07, 6.45) is 5.65. The molecule has 2 aliphatic heterocycles. The zero-order valence-electron chi connectivity index (χ0n) is 17.6. The maximum absolute atomic E-state index is 13.1. The van der Waals surface area contributed by atoms with Crippen LogP contribution in [0.1, 0.15) is 38.5 Å². The molecule has 2 aliphatic rings. The molecule has 0 aliphatic carbocycles. The van der Waals surface area contributed by atoms with E-state index < -0.39 is 36.5 Å². The molecule has 1 amide bonds. The molecule has 1 fully saturated rings. The lowest BCUT2D eigenvalue weighted by molar-refractivity contribution is -0.140. The molecule has 1 unspecified atom stereocenters. The van der Waals surface area contributed by atoms with Gasteiger partial charge in [0.1, 0.15) is 12.6 Å². The second-order valence-corrected chi connectivity index (χ2v) is 9.25. The lowest BCUT2D eigenvalue weighted by Gasteiger charge is -2.26. The number of para-hydroxylation sites is 1. The van der Waals surface area contributed by atoms with Crippen molar-refractivity contribution in [2.75, 3.05) is 30.3 Å². The normalized spacial score (nSPS) is 20.7. The number of anilines is 1. The van der Waals surface area contributed by atoms with E-state index in [0.29, 0.717) is 23.8 Å². The number of aliphatic carboxylic acids is 2. The van der Waals surface area contributed by atoms with Crippen LogP contribution in [0.3, 0.4) is 0 Å². The average Bonchev–Trinajstić information content (AvgIpc) is 2.88. The molecule has 1 aromatic rings. The summed E-state index contributed by atoms with van der Waals surface area (Å²) < 4.78 is 0. The molecular weight excluding hydrogens is 418 g/mol. The first kappa shape index (κ1) is 23.6. The molecule has 9 heteroatoms. The standard InChI is InChI=1S/C22H31N3O5S/c26-20(27)13-25-18-7-3-4-8-19(18)31-14-17(21(25)28)24-16(22(29)30)6-2-1-5-15-9-11-23-12-10-15/h3-4,7-8,15-17,23-24H,1-2,5-6,9-14H2,(H,26,27)(H,29,30)/t16?,17-/m0/s1. The number of unbranched alkanes of at least 4 members (excludes halogenated alkanes) is 1. The maximum Gasteiger partial charge on any atom is 0.323 e. The third kappa shape index (κ3) is 6.69. The molecule has 2 heterocycles. The summed E-state index contributed by atoms with van der Waals surface area (Å²) >= 11 is 1.44. The van der Waals surface area contributed by atoms with E-state index in [-0.39, 0.29) is 0 Å². The number of carboxylic acids is 2. The van der Waals surface area contributed by atoms with Gasteiger partial charge in [0.05, 0.1) is 11.7 Å². The number of carbonyl (C=O) groups is 3. The SMILES string of the molecule is O=C(O)CN1C(=O)[C@@H](NC(CCCCC2CCNCC2)C(=O)O)CSc2ccccc21. The minimum Gasteiger partial charge on any atom is -0.480 e. The molecule has 0 radical (unpaired) electrons. The topological polar surface area (TPSA) is 119 Å². The number of hydrogen-bond donors (Lipinski definition) is 4. The predicted octanol–water partition coefficient (Wildman–Crippen LogP) is 2.18. The molecule has 4 N–H and O–H groups in total. The van der Waals surface area contributed by atoms with Crippen molar-refractivity contribution >= 4 is 35.3 Å². The van der Waals surface area contributed by atoms with Gasteiger partial charge in [-0.1, -0.05) is 31.4 Å². The van der Waals surface area contributed by atoms with Gasteiger partial charge in [-0.2, -0.15) is 0 Å². The molecule has 8 nitrogen and oxygen atoms in total. The lowest BCUT2D eigenvalue weighted by atomic mass is 9.92. The summed E-state index contributed by atoms with van der Waals surface area (Å²) in [6.45, 7) is 1.66. The zero-order chi connectivity index (χ0) is 22.2. The minimum absolute atomic E-state index is 0.352. The predicted molar refractivity (Wildman–Crippen MR) is 120 cm³/mol. The molecule has 1 saturated heterocycles. The molecule has 3 rings (SSSR count). The Bertz CT molecular complexity index is 784. The van der Waals surface area contributed by atoms with Crippen molar-refractivity contribution < 1.29 is 24.6 Å². The first-order chi connectivity index (χ1) is 15.0. The van der Waals surface area contributed by atoms with Crippen molar-refractivity contribution in [2.45, 2.75) is 55.5 Å². The van der Waals surface area contributed by atoms with Crippen molar-refractivity contribution in [1.82, 2.24) is 10.6 Å². The number of fused-ring (bicyclic) bond motifs is 1. The minimum atomic E-state index is -1.11. The van der Waals surface area contributed by atoms with E-state index in [0.717, 1.165) is 37.2 Å². The molecule has 31 heavy (non-hydrogen) atoms. The Morgan fingerprint density at radius 1 is 1.19 bits per heavy atom. The highest BCUT2D eigenvalue weighted by molar-refractivity contribution is 7.99. The van der Waals surface area contributed by atoms with Crippen LogP contribution in [0.4, 0.5) is 5.69 Å². The summed E-state index contributed by atoms with van der Waals surface area (Å²) in [5.74, 6) is -1.43. The van der Waals surface area contributed by atoms with Crippen molar-refractivity contribution in [3.8, 4) is 0 Å². The van der Waals surface area contributed by atoms with Gasteiger partial charge < -0.3 is 15.5 Å². The highest BCUT2D eigenvalue weighted by Crippen LogP contribution is 2.34. The van der Waals surface area contributed by atoms with Gasteiger partial charge in [-0.3, -0.25) is 24.6 Å². The molecule has 0 bridgehead atoms. The van der Waals surface area contributed by atoms with Crippen LogP contribution < -0.4 is 15.5 Å². The Hall–Kier alpha value is -2.10. The number of carboxylic acid groups (broad SMARTS) is 2. The fourth-order valence-electron chi connectivity index (χ4n) is 4.24. The van der Waals surface area contributed by atoms with Gasteiger partial charge >= 0.3 is 11.9 Å². The quantitative estimate of drug-likeness (QED) is 0.402. The number of piperidine rings is 1. The first-order valence-electron chi connectivity index (χ1n) is 10.9. The van der Waals surface area contributed by atoms with Crippen LogP contribution in [0.25, 0.3) is 0 Å². The van der Waals surface area contributed by atoms with Gasteiger partial charge in [0.15, 0.2) is 0 Å². The second kappa shape index (κ2) is 11.5. The van der Waals surface area contributed by atoms with Gasteiger partial charge in [0, 0.05) is 10.6 Å². The molecule has 0 aromatic heterocycles. The van der Waals surface area contributed by atoms with E-state index in [1.807, 2.05) is 12.1 Å². The largest absolute Gasteiger partial charge is 0.480 e. The summed E-state index contributed by atoms with van der Waals surface area (Å²) in [4.78, 5) is 38.4. The number of benzene rings is 1. The van der Waals surface area contributed by atoms with E-state index in [2.05, 4.69) is 10.6 Å². The van der Waals surface area contributed by atoms with Crippen LogP contribution in [0, 0.1) is 5.92 Å². The number of nitrogens with one attached hydrogen (secondary N) is 2. The Morgan fingerprint density at radius 3 is 2.65 bits per heavy atom. The monoisotopic (exact) mass is 449 g/mol. The van der Waals surface area contributed by atoms with Gasteiger partial charge in [-0.25, -0.2) is 0 Å². The molecule has 0 saturated carbocycles. The van der Waals surface area contributed by atoms with E-state index in [9.17, 15) is 24.6 Å². The van der Waals surface area contributed by atoms with Crippen LogP contribution in [0.5, 0.6) is 0 Å². The maximum atomic E-state index is 13.1. The van der Waals surface area contributed by atoms with Crippen LogP contribution in [-0.2, 0) is 14.4 Å². The van der Waals surface area contributed by atoms with E-state index in [1.165, 1.54) is 29.5 Å². The number of nitrogens with zero attached hydrogens (tertiary/aromatic N) is 1. The van der Waals surface area contributed by atoms with Crippen LogP contribution >= 0.6 is 11.8 Å². The number of rotatable bonds is 10. The third-order valence-electron chi connectivity index (χ3n) is 5.93. The lowest BCUT2D eigenvalue weighted by Crippen LogP contribution is -2.53. The van der Waals surface area contributed by atoms with Gasteiger partial charge in [0.2, 0.25) is 5.91 Å². The van der Waals surface area contributed by atoms with Crippen LogP contribution in [-0.4, -0.2) is 65.5 Å². The van der Waals surface area contributed by atoms with Crippen molar-refractivity contribution in [3.05, 3.63) is 24.3 Å². The van der Waals surface area contributed by atoms with E-state index in [4.69, 9.17) is 0 Å². The molecule has 170 valence electrons. The first-order valence-corrected chi connectivity index (χ1v) is 11.9. The zero-order valence-corrected chi connectivity index (χ0v) is 18.4. The van der Waals surface area contributed by atoms with E-state index in [1.54, 1.807) is 12.1 Å².